The van der Waals surface area contributed by atoms with Crippen LogP contribution >= 0.6 is 15.9 Å². The van der Waals surface area contributed by atoms with Crippen LogP contribution in [0.2, 0.25) is 0 Å². The number of aromatic nitrogens is 1. The van der Waals surface area contributed by atoms with E-state index in [0.29, 0.717) is 0 Å². The average Bonchev–Trinajstić information content (AvgIpc) is 2.09. The number of nitrogens with zero attached hydrogens (tertiary/aromatic N) is 1. The first-order valence-electron chi connectivity index (χ1n) is 4.27. The fourth-order valence-corrected chi connectivity index (χ4v) is 1.24. The maximum absolute atomic E-state index is 4.20. The van der Waals surface area contributed by atoms with Crippen LogP contribution in [0.4, 0.5) is 5.82 Å². The lowest BCUT2D eigenvalue weighted by Gasteiger charge is -2.04. The van der Waals surface area contributed by atoms with Crippen LogP contribution < -0.4 is 5.32 Å². The molecular formula is C10H13BrN2. The van der Waals surface area contributed by atoms with Crippen molar-refractivity contribution in [3.8, 4) is 0 Å². The molecule has 0 aliphatic rings. The third kappa shape index (κ3) is 3.59. The van der Waals surface area contributed by atoms with E-state index in [2.05, 4.69) is 39.2 Å². The minimum absolute atomic E-state index is 0.880. The van der Waals surface area contributed by atoms with Gasteiger partial charge in [0.15, 0.2) is 0 Å². The first-order chi connectivity index (χ1) is 6.22. The molecule has 70 valence electrons. The molecule has 3 heteroatoms. The number of hydrogen-bond donors (Lipinski definition) is 1. The van der Waals surface area contributed by atoms with Crippen LogP contribution in [-0.4, -0.2) is 4.98 Å². The largest absolute Gasteiger partial charge is 0.344 e. The van der Waals surface area contributed by atoms with E-state index < -0.39 is 0 Å². The van der Waals surface area contributed by atoms with Crippen molar-refractivity contribution in [3.63, 3.8) is 0 Å². The lowest BCUT2D eigenvalue weighted by Crippen LogP contribution is -1.97. The Morgan fingerprint density at radius 2 is 2.38 bits per heavy atom. The monoisotopic (exact) mass is 240 g/mol. The molecule has 0 fully saturated rings. The SMILES string of the molecule is CC/C=C(\C)Nc1ccc(Br)cn1. The van der Waals surface area contributed by atoms with Gasteiger partial charge >= 0.3 is 0 Å². The van der Waals surface area contributed by atoms with Gasteiger partial charge in [-0.1, -0.05) is 13.0 Å². The van der Waals surface area contributed by atoms with Crippen molar-refractivity contribution in [1.82, 2.24) is 4.98 Å². The topological polar surface area (TPSA) is 24.9 Å². The van der Waals surface area contributed by atoms with Gasteiger partial charge in [-0.3, -0.25) is 0 Å². The smallest absolute Gasteiger partial charge is 0.130 e. The first-order valence-corrected chi connectivity index (χ1v) is 5.07. The molecule has 1 rings (SSSR count). The Morgan fingerprint density at radius 1 is 1.62 bits per heavy atom. The second kappa shape index (κ2) is 5.02. The summed E-state index contributed by atoms with van der Waals surface area (Å²) in [7, 11) is 0. The number of hydrogen-bond acceptors (Lipinski definition) is 2. The van der Waals surface area contributed by atoms with E-state index >= 15 is 0 Å². The average molecular weight is 241 g/mol. The fourth-order valence-electron chi connectivity index (χ4n) is 1.01. The van der Waals surface area contributed by atoms with Crippen molar-refractivity contribution < 1.29 is 0 Å². The molecule has 1 aromatic heterocycles. The van der Waals surface area contributed by atoms with Crippen LogP contribution in [0.1, 0.15) is 20.3 Å². The van der Waals surface area contributed by atoms with E-state index in [0.717, 1.165) is 22.4 Å². The summed E-state index contributed by atoms with van der Waals surface area (Å²) in [4.78, 5) is 4.20. The molecular weight excluding hydrogens is 228 g/mol. The Hall–Kier alpha value is -0.830. The van der Waals surface area contributed by atoms with Gasteiger partial charge in [0.05, 0.1) is 0 Å². The van der Waals surface area contributed by atoms with Crippen molar-refractivity contribution >= 4 is 21.7 Å². The molecule has 0 saturated carbocycles. The highest BCUT2D eigenvalue weighted by atomic mass is 79.9. The van der Waals surface area contributed by atoms with Gasteiger partial charge in [-0.05, 0) is 41.4 Å². The van der Waals surface area contributed by atoms with Crippen molar-refractivity contribution in [1.29, 1.82) is 0 Å². The van der Waals surface area contributed by atoms with Gasteiger partial charge in [0.2, 0.25) is 0 Å². The Bertz CT molecular complexity index is 290. The minimum Gasteiger partial charge on any atom is -0.344 e. The van der Waals surface area contributed by atoms with Gasteiger partial charge in [0.1, 0.15) is 5.82 Å². The predicted octanol–water partition coefficient (Wildman–Crippen LogP) is 3.57. The maximum Gasteiger partial charge on any atom is 0.130 e. The third-order valence-electron chi connectivity index (χ3n) is 1.56. The van der Waals surface area contributed by atoms with Crippen LogP contribution in [0, 0.1) is 0 Å². The Kier molecular flexibility index (Phi) is 3.96. The number of halogens is 1. The zero-order valence-electron chi connectivity index (χ0n) is 7.84. The Balaban J connectivity index is 2.64. The maximum atomic E-state index is 4.20. The van der Waals surface area contributed by atoms with E-state index in [9.17, 15) is 0 Å². The second-order valence-electron chi connectivity index (χ2n) is 2.78. The summed E-state index contributed by atoms with van der Waals surface area (Å²) in [6.45, 7) is 4.15. The van der Waals surface area contributed by atoms with Gasteiger partial charge in [-0.15, -0.1) is 0 Å². The minimum atomic E-state index is 0.880. The molecule has 1 aromatic rings. The quantitative estimate of drug-likeness (QED) is 0.874. The van der Waals surface area contributed by atoms with Crippen molar-refractivity contribution in [3.05, 3.63) is 34.6 Å². The summed E-state index contributed by atoms with van der Waals surface area (Å²) in [6.07, 6.45) is 4.95. The molecule has 0 atom stereocenters. The molecule has 13 heavy (non-hydrogen) atoms. The van der Waals surface area contributed by atoms with Crippen LogP contribution in [0.3, 0.4) is 0 Å². The normalized spacial score (nSPS) is 11.5. The van der Waals surface area contributed by atoms with Crippen LogP contribution in [0.25, 0.3) is 0 Å². The van der Waals surface area contributed by atoms with Crippen LogP contribution in [-0.2, 0) is 0 Å². The van der Waals surface area contributed by atoms with E-state index in [1.165, 1.54) is 0 Å². The summed E-state index contributed by atoms with van der Waals surface area (Å²) >= 11 is 3.34. The van der Waals surface area contributed by atoms with E-state index in [1.54, 1.807) is 6.20 Å². The molecule has 1 N–H and O–H groups in total. The Labute approximate surface area is 87.2 Å². The summed E-state index contributed by atoms with van der Waals surface area (Å²) in [5.41, 5.74) is 1.14. The molecule has 0 amide bonds. The summed E-state index contributed by atoms with van der Waals surface area (Å²) < 4.78 is 0.996. The van der Waals surface area contributed by atoms with E-state index in [4.69, 9.17) is 0 Å². The lowest BCUT2D eigenvalue weighted by molar-refractivity contribution is 1.16. The highest BCUT2D eigenvalue weighted by Crippen LogP contribution is 2.11. The summed E-state index contributed by atoms with van der Waals surface area (Å²) in [5.74, 6) is 0.880. The van der Waals surface area contributed by atoms with E-state index in [1.807, 2.05) is 19.1 Å². The number of nitrogens with one attached hydrogen (secondary N) is 1. The fraction of sp³-hybridized carbons (Fsp3) is 0.300. The second-order valence-corrected chi connectivity index (χ2v) is 3.70. The van der Waals surface area contributed by atoms with Crippen molar-refractivity contribution in [2.75, 3.05) is 5.32 Å². The first kappa shape index (κ1) is 10.3. The molecule has 0 aromatic carbocycles. The molecule has 0 aliphatic heterocycles. The van der Waals surface area contributed by atoms with Crippen molar-refractivity contribution in [2.45, 2.75) is 20.3 Å². The molecule has 1 heterocycles. The van der Waals surface area contributed by atoms with Crippen molar-refractivity contribution in [2.24, 2.45) is 0 Å². The molecule has 0 radical (unpaired) electrons. The number of allylic oxidation sites excluding steroid dienone is 2. The standard InChI is InChI=1S/C10H13BrN2/c1-3-4-8(2)13-10-6-5-9(11)7-12-10/h4-7H,3H2,1-2H3,(H,12,13)/b8-4+. The lowest BCUT2D eigenvalue weighted by atomic mass is 10.3. The van der Waals surface area contributed by atoms with Crippen LogP contribution in [0.15, 0.2) is 34.6 Å². The number of rotatable bonds is 3. The van der Waals surface area contributed by atoms with Gasteiger partial charge in [-0.2, -0.15) is 0 Å². The zero-order valence-corrected chi connectivity index (χ0v) is 9.43. The van der Waals surface area contributed by atoms with E-state index in [-0.39, 0.29) is 0 Å². The molecule has 0 saturated heterocycles. The zero-order chi connectivity index (χ0) is 9.68. The highest BCUT2D eigenvalue weighted by molar-refractivity contribution is 9.10. The number of anilines is 1. The van der Waals surface area contributed by atoms with Crippen LogP contribution in [0.5, 0.6) is 0 Å². The highest BCUT2D eigenvalue weighted by Gasteiger charge is 1.93. The molecule has 2 nitrogen and oxygen atoms in total. The summed E-state index contributed by atoms with van der Waals surface area (Å²) in [6, 6.07) is 3.91. The third-order valence-corrected chi connectivity index (χ3v) is 2.03. The Morgan fingerprint density at radius 3 is 2.92 bits per heavy atom. The van der Waals surface area contributed by atoms with Gasteiger partial charge in [0, 0.05) is 16.4 Å². The van der Waals surface area contributed by atoms with Gasteiger partial charge in [0.25, 0.3) is 0 Å². The number of pyridine rings is 1. The molecule has 0 spiro atoms. The molecule has 0 aliphatic carbocycles. The van der Waals surface area contributed by atoms with Gasteiger partial charge in [-0.25, -0.2) is 4.98 Å². The molecule has 0 unspecified atom stereocenters. The molecule has 0 bridgehead atoms. The van der Waals surface area contributed by atoms with Gasteiger partial charge < -0.3 is 5.32 Å². The summed E-state index contributed by atoms with van der Waals surface area (Å²) in [5, 5.41) is 3.20. The predicted molar refractivity (Wildman–Crippen MR) is 59.6 cm³/mol.